The molecule has 1 aliphatic heterocycles. The first-order chi connectivity index (χ1) is 14.0. The standard InChI is InChI=1S/C21H21N5O2S/c1-2-15-16(10-22)20(26-9-8-14(27)12-26)25-21(17(15)11-23)29-18(19(24)28)13-6-4-3-5-7-13/h3-7,14,18,27H,2,8-9,12H2,1H3,(H2,24,28)/t14-,18+/m0/s1. The topological polar surface area (TPSA) is 127 Å². The van der Waals surface area contributed by atoms with Gasteiger partial charge in [0.05, 0.1) is 17.2 Å². The molecule has 3 rings (SSSR count). The smallest absolute Gasteiger partial charge is 0.235 e. The van der Waals surface area contributed by atoms with Gasteiger partial charge in [0.25, 0.3) is 0 Å². The summed E-state index contributed by atoms with van der Waals surface area (Å²) >= 11 is 1.12. The number of benzene rings is 1. The highest BCUT2D eigenvalue weighted by Gasteiger charge is 2.29. The molecule has 0 radical (unpaired) electrons. The van der Waals surface area contributed by atoms with Crippen LogP contribution < -0.4 is 10.6 Å². The van der Waals surface area contributed by atoms with E-state index >= 15 is 0 Å². The Hall–Kier alpha value is -3.07. The van der Waals surface area contributed by atoms with Crippen molar-refractivity contribution < 1.29 is 9.90 Å². The van der Waals surface area contributed by atoms with E-state index in [0.717, 1.165) is 17.3 Å². The Balaban J connectivity index is 2.13. The molecule has 1 saturated heterocycles. The molecule has 0 spiro atoms. The molecule has 2 aromatic rings. The summed E-state index contributed by atoms with van der Waals surface area (Å²) in [5.74, 6) is -0.0916. The van der Waals surface area contributed by atoms with E-state index < -0.39 is 17.3 Å². The Bertz CT molecular complexity index is 997. The maximum absolute atomic E-state index is 12.2. The van der Waals surface area contributed by atoms with Gasteiger partial charge < -0.3 is 15.7 Å². The molecular weight excluding hydrogens is 386 g/mol. The van der Waals surface area contributed by atoms with Gasteiger partial charge in [-0.05, 0) is 24.0 Å². The number of anilines is 1. The SMILES string of the molecule is CCc1c(C#N)c(S[C@@H](C(N)=O)c2ccccc2)nc(N2CC[C@H](O)C2)c1C#N. The number of carbonyl (C=O) groups is 1. The van der Waals surface area contributed by atoms with Crippen molar-refractivity contribution in [1.29, 1.82) is 10.5 Å². The van der Waals surface area contributed by atoms with Crippen LogP contribution in [0.15, 0.2) is 35.4 Å². The summed E-state index contributed by atoms with van der Waals surface area (Å²) in [6, 6.07) is 13.4. The Labute approximate surface area is 173 Å². The number of β-amino-alcohol motifs (C(OH)–C–C–N with tert-alkyl or cyclic N) is 1. The monoisotopic (exact) mass is 407 g/mol. The third-order valence-electron chi connectivity index (χ3n) is 4.88. The minimum atomic E-state index is -0.717. The highest BCUT2D eigenvalue weighted by molar-refractivity contribution is 8.00. The van der Waals surface area contributed by atoms with Crippen LogP contribution in [0.3, 0.4) is 0 Å². The third-order valence-corrected chi connectivity index (χ3v) is 6.14. The quantitative estimate of drug-likeness (QED) is 0.703. The zero-order valence-electron chi connectivity index (χ0n) is 16.0. The number of amides is 1. The fourth-order valence-corrected chi connectivity index (χ4v) is 4.52. The van der Waals surface area contributed by atoms with Crippen molar-refractivity contribution in [1.82, 2.24) is 4.98 Å². The molecule has 148 valence electrons. The number of nitrogens with zero attached hydrogens (tertiary/aromatic N) is 4. The number of pyridine rings is 1. The fourth-order valence-electron chi connectivity index (χ4n) is 3.46. The molecule has 2 atom stereocenters. The second-order valence-electron chi connectivity index (χ2n) is 6.75. The molecule has 29 heavy (non-hydrogen) atoms. The number of nitrogens with two attached hydrogens (primary N) is 1. The molecule has 8 heteroatoms. The lowest BCUT2D eigenvalue weighted by Gasteiger charge is -2.22. The van der Waals surface area contributed by atoms with Crippen LogP contribution in [0.2, 0.25) is 0 Å². The number of rotatable bonds is 6. The van der Waals surface area contributed by atoms with Gasteiger partial charge in [-0.15, -0.1) is 0 Å². The molecule has 1 aromatic heterocycles. The average Bonchev–Trinajstić information content (AvgIpc) is 3.17. The Kier molecular flexibility index (Phi) is 6.38. The number of thioether (sulfide) groups is 1. The number of aliphatic hydroxyl groups is 1. The van der Waals surface area contributed by atoms with Gasteiger partial charge in [-0.2, -0.15) is 10.5 Å². The van der Waals surface area contributed by atoms with E-state index in [2.05, 4.69) is 17.1 Å². The maximum Gasteiger partial charge on any atom is 0.235 e. The Morgan fingerprint density at radius 3 is 2.55 bits per heavy atom. The molecule has 1 amide bonds. The lowest BCUT2D eigenvalue weighted by Crippen LogP contribution is -2.25. The maximum atomic E-state index is 12.2. The fraction of sp³-hybridized carbons (Fsp3) is 0.333. The zero-order valence-corrected chi connectivity index (χ0v) is 16.8. The molecule has 0 unspecified atom stereocenters. The second kappa shape index (κ2) is 8.95. The minimum Gasteiger partial charge on any atom is -0.391 e. The van der Waals surface area contributed by atoms with Gasteiger partial charge in [0.1, 0.15) is 28.2 Å². The van der Waals surface area contributed by atoms with Crippen LogP contribution in [0, 0.1) is 22.7 Å². The van der Waals surface area contributed by atoms with Crippen LogP contribution in [0.4, 0.5) is 5.82 Å². The second-order valence-corrected chi connectivity index (χ2v) is 7.84. The zero-order chi connectivity index (χ0) is 21.0. The van der Waals surface area contributed by atoms with Crippen LogP contribution in [0.5, 0.6) is 0 Å². The van der Waals surface area contributed by atoms with E-state index in [1.807, 2.05) is 30.0 Å². The van der Waals surface area contributed by atoms with Crippen molar-refractivity contribution in [2.75, 3.05) is 18.0 Å². The van der Waals surface area contributed by atoms with Crippen molar-refractivity contribution in [3.8, 4) is 12.1 Å². The molecule has 7 nitrogen and oxygen atoms in total. The number of aliphatic hydroxyl groups excluding tert-OH is 1. The van der Waals surface area contributed by atoms with Crippen LogP contribution in [0.1, 0.15) is 40.8 Å². The summed E-state index contributed by atoms with van der Waals surface area (Å²) in [6.45, 7) is 2.82. The number of carbonyl (C=O) groups excluding carboxylic acids is 1. The van der Waals surface area contributed by atoms with Crippen LogP contribution in [-0.4, -0.2) is 35.2 Å². The van der Waals surface area contributed by atoms with Crippen LogP contribution >= 0.6 is 11.8 Å². The Morgan fingerprint density at radius 2 is 2.03 bits per heavy atom. The summed E-state index contributed by atoms with van der Waals surface area (Å²) in [7, 11) is 0. The van der Waals surface area contributed by atoms with Crippen molar-refractivity contribution in [3.05, 3.63) is 52.6 Å². The van der Waals surface area contributed by atoms with E-state index in [1.165, 1.54) is 0 Å². The predicted octanol–water partition coefficient (Wildman–Crippen LogP) is 2.28. The van der Waals surface area contributed by atoms with Gasteiger partial charge >= 0.3 is 0 Å². The normalized spacial score (nSPS) is 16.8. The molecule has 3 N–H and O–H groups in total. The molecule has 1 aliphatic rings. The summed E-state index contributed by atoms with van der Waals surface area (Å²) in [6.07, 6.45) is 0.574. The highest BCUT2D eigenvalue weighted by Crippen LogP contribution is 2.39. The summed E-state index contributed by atoms with van der Waals surface area (Å²) < 4.78 is 0. The summed E-state index contributed by atoms with van der Waals surface area (Å²) in [4.78, 5) is 18.6. The van der Waals surface area contributed by atoms with Crippen LogP contribution in [0.25, 0.3) is 0 Å². The van der Waals surface area contributed by atoms with Crippen molar-refractivity contribution >= 4 is 23.5 Å². The minimum absolute atomic E-state index is 0.291. The summed E-state index contributed by atoms with van der Waals surface area (Å²) in [5.41, 5.74) is 7.60. The van der Waals surface area contributed by atoms with Gasteiger partial charge in [0, 0.05) is 13.1 Å². The lowest BCUT2D eigenvalue weighted by molar-refractivity contribution is -0.117. The molecule has 0 saturated carbocycles. The molecule has 2 heterocycles. The Morgan fingerprint density at radius 1 is 1.34 bits per heavy atom. The van der Waals surface area contributed by atoms with Gasteiger partial charge in [-0.25, -0.2) is 4.98 Å². The van der Waals surface area contributed by atoms with Gasteiger partial charge in [0.2, 0.25) is 5.91 Å². The third kappa shape index (κ3) is 4.19. The van der Waals surface area contributed by atoms with Gasteiger partial charge in [0.15, 0.2) is 0 Å². The first-order valence-electron chi connectivity index (χ1n) is 9.31. The predicted molar refractivity (Wildman–Crippen MR) is 110 cm³/mol. The molecule has 1 fully saturated rings. The van der Waals surface area contributed by atoms with Crippen molar-refractivity contribution in [3.63, 3.8) is 0 Å². The first kappa shape index (κ1) is 20.7. The first-order valence-corrected chi connectivity index (χ1v) is 10.2. The van der Waals surface area contributed by atoms with E-state index in [1.54, 1.807) is 12.1 Å². The van der Waals surface area contributed by atoms with E-state index in [-0.39, 0.29) is 0 Å². The molecule has 1 aromatic carbocycles. The van der Waals surface area contributed by atoms with E-state index in [9.17, 15) is 20.4 Å². The van der Waals surface area contributed by atoms with Gasteiger partial charge in [-0.3, -0.25) is 4.79 Å². The largest absolute Gasteiger partial charge is 0.391 e. The molecule has 0 bridgehead atoms. The van der Waals surface area contributed by atoms with Crippen molar-refractivity contribution in [2.45, 2.75) is 36.1 Å². The van der Waals surface area contributed by atoms with E-state index in [4.69, 9.17) is 5.73 Å². The lowest BCUT2D eigenvalue weighted by atomic mass is 10.0. The molecular formula is C21H21N5O2S. The number of primary amides is 1. The summed E-state index contributed by atoms with van der Waals surface area (Å²) in [5, 5.41) is 29.1. The van der Waals surface area contributed by atoms with E-state index in [0.29, 0.717) is 53.5 Å². The van der Waals surface area contributed by atoms with Gasteiger partial charge in [-0.1, -0.05) is 49.0 Å². The highest BCUT2D eigenvalue weighted by atomic mass is 32.2. The number of hydrogen-bond donors (Lipinski definition) is 2. The number of aromatic nitrogens is 1. The van der Waals surface area contributed by atoms with Crippen molar-refractivity contribution in [2.24, 2.45) is 5.73 Å². The number of hydrogen-bond acceptors (Lipinski definition) is 7. The van der Waals surface area contributed by atoms with Crippen LogP contribution in [-0.2, 0) is 11.2 Å². The number of nitriles is 2. The average molecular weight is 407 g/mol. The molecule has 0 aliphatic carbocycles.